The minimum atomic E-state index is -0.0678. The molecule has 1 aromatic heterocycles. The first-order valence-electron chi connectivity index (χ1n) is 6.79. The van der Waals surface area contributed by atoms with Crippen LogP contribution in [0.5, 0.6) is 0 Å². The summed E-state index contributed by atoms with van der Waals surface area (Å²) in [6, 6.07) is 8.16. The Morgan fingerprint density at radius 2 is 2.14 bits per heavy atom. The molecule has 0 bridgehead atoms. The Hall–Kier alpha value is -1.43. The normalized spacial score (nSPS) is 17.3. The number of anilines is 1. The van der Waals surface area contributed by atoms with Crippen molar-refractivity contribution in [3.8, 4) is 11.3 Å². The van der Waals surface area contributed by atoms with Crippen LogP contribution in [0.4, 0.5) is 5.13 Å². The maximum Gasteiger partial charge on any atom is 0.243 e. The van der Waals surface area contributed by atoms with Gasteiger partial charge in [0.2, 0.25) is 5.91 Å². The second kappa shape index (κ2) is 7.02. The number of aryl methyl sites for hydroxylation is 1. The summed E-state index contributed by atoms with van der Waals surface area (Å²) in [5.41, 5.74) is 3.21. The molecule has 112 valence electrons. The van der Waals surface area contributed by atoms with E-state index >= 15 is 0 Å². The Bertz CT molecular complexity index is 606. The summed E-state index contributed by atoms with van der Waals surface area (Å²) < 4.78 is 0. The minimum Gasteiger partial charge on any atom is -0.306 e. The van der Waals surface area contributed by atoms with E-state index in [9.17, 15) is 4.79 Å². The number of aromatic nitrogens is 1. The Balaban J connectivity index is 0.00000161. The number of halogens is 1. The summed E-state index contributed by atoms with van der Waals surface area (Å²) in [5, 5.41) is 8.72. The lowest BCUT2D eigenvalue weighted by atomic mass is 10.1. The first-order valence-corrected chi connectivity index (χ1v) is 7.67. The summed E-state index contributed by atoms with van der Waals surface area (Å²) in [7, 11) is 0. The Labute approximate surface area is 134 Å². The molecule has 6 heteroatoms. The summed E-state index contributed by atoms with van der Waals surface area (Å²) in [4.78, 5) is 16.5. The van der Waals surface area contributed by atoms with Crippen molar-refractivity contribution in [3.05, 3.63) is 35.2 Å². The predicted octanol–water partition coefficient (Wildman–Crippen LogP) is 3.23. The molecule has 0 aliphatic carbocycles. The fraction of sp³-hybridized carbons (Fsp3) is 0.333. The number of thiazole rings is 1. The van der Waals surface area contributed by atoms with Gasteiger partial charge in [-0.15, -0.1) is 23.7 Å². The third kappa shape index (κ3) is 3.81. The van der Waals surface area contributed by atoms with E-state index in [1.54, 1.807) is 0 Å². The molecule has 1 aliphatic heterocycles. The molecule has 1 amide bonds. The van der Waals surface area contributed by atoms with Crippen LogP contribution in [-0.4, -0.2) is 23.5 Å². The second-order valence-electron chi connectivity index (χ2n) is 5.04. The molecule has 1 unspecified atom stereocenters. The molecule has 21 heavy (non-hydrogen) atoms. The third-order valence-corrected chi connectivity index (χ3v) is 4.22. The molecule has 1 saturated heterocycles. The average Bonchev–Trinajstić information content (AvgIpc) is 3.10. The predicted molar refractivity (Wildman–Crippen MR) is 89.2 cm³/mol. The first kappa shape index (κ1) is 15.9. The maximum absolute atomic E-state index is 12.0. The van der Waals surface area contributed by atoms with Crippen molar-refractivity contribution in [1.82, 2.24) is 10.3 Å². The van der Waals surface area contributed by atoms with Gasteiger partial charge in [-0.25, -0.2) is 4.98 Å². The second-order valence-corrected chi connectivity index (χ2v) is 5.90. The minimum absolute atomic E-state index is 0. The first-order chi connectivity index (χ1) is 9.72. The van der Waals surface area contributed by atoms with Gasteiger partial charge in [-0.3, -0.25) is 4.79 Å². The number of nitrogens with one attached hydrogen (secondary N) is 2. The van der Waals surface area contributed by atoms with E-state index in [-0.39, 0.29) is 24.4 Å². The van der Waals surface area contributed by atoms with E-state index in [1.165, 1.54) is 16.9 Å². The average molecular weight is 324 g/mol. The molecule has 0 saturated carbocycles. The molecule has 4 nitrogen and oxygen atoms in total. The molecule has 0 radical (unpaired) electrons. The van der Waals surface area contributed by atoms with E-state index in [2.05, 4.69) is 46.8 Å². The Kier molecular flexibility index (Phi) is 5.33. The van der Waals surface area contributed by atoms with Gasteiger partial charge in [0.25, 0.3) is 0 Å². The zero-order valence-corrected chi connectivity index (χ0v) is 13.4. The van der Waals surface area contributed by atoms with Crippen molar-refractivity contribution in [1.29, 1.82) is 0 Å². The molecule has 3 rings (SSSR count). The third-order valence-electron chi connectivity index (χ3n) is 3.46. The topological polar surface area (TPSA) is 54.0 Å². The van der Waals surface area contributed by atoms with Crippen LogP contribution in [0.3, 0.4) is 0 Å². The van der Waals surface area contributed by atoms with Gasteiger partial charge >= 0.3 is 0 Å². The van der Waals surface area contributed by atoms with Gasteiger partial charge in [0.15, 0.2) is 5.13 Å². The molecule has 1 aromatic carbocycles. The molecule has 0 spiro atoms. The molecular formula is C15H18ClN3OS. The lowest BCUT2D eigenvalue weighted by Gasteiger charge is -2.08. The number of nitrogens with zero attached hydrogens (tertiary/aromatic N) is 1. The van der Waals surface area contributed by atoms with Crippen LogP contribution in [0.25, 0.3) is 11.3 Å². The van der Waals surface area contributed by atoms with Gasteiger partial charge in [0.1, 0.15) is 0 Å². The van der Waals surface area contributed by atoms with Crippen LogP contribution in [0, 0.1) is 6.92 Å². The SMILES string of the molecule is Cc1ccc(-c2csc(NC(=O)C3CCCN3)n2)cc1.Cl. The summed E-state index contributed by atoms with van der Waals surface area (Å²) in [6.07, 6.45) is 1.96. The maximum atomic E-state index is 12.0. The molecule has 1 atom stereocenters. The zero-order chi connectivity index (χ0) is 13.9. The lowest BCUT2D eigenvalue weighted by molar-refractivity contribution is -0.117. The summed E-state index contributed by atoms with van der Waals surface area (Å²) >= 11 is 1.46. The lowest BCUT2D eigenvalue weighted by Crippen LogP contribution is -2.35. The number of carbonyl (C=O) groups is 1. The standard InChI is InChI=1S/C15H17N3OS.ClH/c1-10-4-6-11(7-5-10)13-9-20-15(17-13)18-14(19)12-3-2-8-16-12;/h4-7,9,12,16H,2-3,8H2,1H3,(H,17,18,19);1H. The van der Waals surface area contributed by atoms with Crippen LogP contribution in [-0.2, 0) is 4.79 Å². The molecule has 1 aliphatic rings. The van der Waals surface area contributed by atoms with Crippen molar-refractivity contribution in [2.45, 2.75) is 25.8 Å². The highest BCUT2D eigenvalue weighted by Gasteiger charge is 2.22. The molecule has 2 heterocycles. The smallest absolute Gasteiger partial charge is 0.243 e. The Morgan fingerprint density at radius 3 is 2.81 bits per heavy atom. The monoisotopic (exact) mass is 323 g/mol. The zero-order valence-electron chi connectivity index (χ0n) is 11.8. The highest BCUT2D eigenvalue weighted by Crippen LogP contribution is 2.25. The number of rotatable bonds is 3. The van der Waals surface area contributed by atoms with Crippen LogP contribution in [0.15, 0.2) is 29.6 Å². The van der Waals surface area contributed by atoms with E-state index < -0.39 is 0 Å². The fourth-order valence-electron chi connectivity index (χ4n) is 2.29. The molecular weight excluding hydrogens is 306 g/mol. The number of hydrogen-bond donors (Lipinski definition) is 2. The van der Waals surface area contributed by atoms with Gasteiger partial charge in [-0.05, 0) is 26.3 Å². The summed E-state index contributed by atoms with van der Waals surface area (Å²) in [5.74, 6) is 0.0207. The van der Waals surface area contributed by atoms with Crippen LogP contribution in [0.2, 0.25) is 0 Å². The van der Waals surface area contributed by atoms with Crippen molar-refractivity contribution in [3.63, 3.8) is 0 Å². The van der Waals surface area contributed by atoms with Crippen molar-refractivity contribution in [2.24, 2.45) is 0 Å². The van der Waals surface area contributed by atoms with Crippen LogP contribution in [0.1, 0.15) is 18.4 Å². The number of carbonyl (C=O) groups excluding carboxylic acids is 1. The summed E-state index contributed by atoms with van der Waals surface area (Å²) in [6.45, 7) is 2.98. The highest BCUT2D eigenvalue weighted by atomic mass is 35.5. The fourth-order valence-corrected chi connectivity index (χ4v) is 3.01. The van der Waals surface area contributed by atoms with Crippen molar-refractivity contribution < 1.29 is 4.79 Å². The molecule has 2 N–H and O–H groups in total. The van der Waals surface area contributed by atoms with Gasteiger partial charge < -0.3 is 10.6 Å². The van der Waals surface area contributed by atoms with Crippen LogP contribution >= 0.6 is 23.7 Å². The van der Waals surface area contributed by atoms with Gasteiger partial charge in [0.05, 0.1) is 11.7 Å². The largest absolute Gasteiger partial charge is 0.306 e. The highest BCUT2D eigenvalue weighted by molar-refractivity contribution is 7.14. The van der Waals surface area contributed by atoms with E-state index in [1.807, 2.05) is 5.38 Å². The van der Waals surface area contributed by atoms with E-state index in [0.29, 0.717) is 5.13 Å². The van der Waals surface area contributed by atoms with Crippen molar-refractivity contribution in [2.75, 3.05) is 11.9 Å². The molecule has 2 aromatic rings. The van der Waals surface area contributed by atoms with Gasteiger partial charge in [0, 0.05) is 10.9 Å². The number of amides is 1. The van der Waals surface area contributed by atoms with E-state index in [4.69, 9.17) is 0 Å². The van der Waals surface area contributed by atoms with Crippen molar-refractivity contribution >= 4 is 34.8 Å². The Morgan fingerprint density at radius 1 is 1.38 bits per heavy atom. The van der Waals surface area contributed by atoms with Crippen LogP contribution < -0.4 is 10.6 Å². The number of hydrogen-bond acceptors (Lipinski definition) is 4. The van der Waals surface area contributed by atoms with E-state index in [0.717, 1.165) is 30.6 Å². The van der Waals surface area contributed by atoms with Gasteiger partial charge in [-0.2, -0.15) is 0 Å². The number of benzene rings is 1. The quantitative estimate of drug-likeness (QED) is 0.911. The molecule has 1 fully saturated rings. The van der Waals surface area contributed by atoms with Gasteiger partial charge in [-0.1, -0.05) is 29.8 Å².